The van der Waals surface area contributed by atoms with Gasteiger partial charge in [-0.25, -0.2) is 4.39 Å². The minimum atomic E-state index is -0.853. The first kappa shape index (κ1) is 6.19. The summed E-state index contributed by atoms with van der Waals surface area (Å²) in [6, 6.07) is 0. The molecule has 0 radical (unpaired) electrons. The van der Waals surface area contributed by atoms with Gasteiger partial charge in [-0.05, 0) is 28.7 Å². The van der Waals surface area contributed by atoms with Crippen LogP contribution in [0, 0.1) is 0 Å². The molecule has 0 aromatic heterocycles. The van der Waals surface area contributed by atoms with E-state index in [4.69, 9.17) is 0 Å². The zero-order valence-corrected chi connectivity index (χ0v) is 6.30. The highest BCUT2D eigenvalue weighted by molar-refractivity contribution is 14.1. The molecule has 0 bridgehead atoms. The van der Waals surface area contributed by atoms with Gasteiger partial charge in [0.2, 0.25) is 0 Å². The molecule has 1 nitrogen and oxygen atoms in total. The van der Waals surface area contributed by atoms with Crippen molar-refractivity contribution in [3.63, 3.8) is 0 Å². The Morgan fingerprint density at radius 1 is 1.88 bits per heavy atom. The quantitative estimate of drug-likeness (QED) is 0.442. The third-order valence-corrected chi connectivity index (χ3v) is 1.59. The van der Waals surface area contributed by atoms with Crippen molar-refractivity contribution >= 4 is 28.8 Å². The van der Waals surface area contributed by atoms with Crippen molar-refractivity contribution < 1.29 is 4.39 Å². The van der Waals surface area contributed by atoms with Gasteiger partial charge in [-0.3, -0.25) is 4.99 Å². The number of hydrogen-bond acceptors (Lipinski definition) is 1. The molecule has 0 fully saturated rings. The zero-order valence-electron chi connectivity index (χ0n) is 4.14. The third kappa shape index (κ3) is 1.54. The lowest BCUT2D eigenvalue weighted by Gasteiger charge is -2.01. The van der Waals surface area contributed by atoms with Crippen molar-refractivity contribution in [3.8, 4) is 0 Å². The Labute approximate surface area is 60.8 Å². The van der Waals surface area contributed by atoms with E-state index in [2.05, 4.69) is 27.6 Å². The number of hydrogen-bond donors (Lipinski definition) is 0. The summed E-state index contributed by atoms with van der Waals surface area (Å²) in [6.45, 7) is 0. The molecule has 0 aromatic carbocycles. The summed E-state index contributed by atoms with van der Waals surface area (Å²) in [5, 5.41) is 0. The van der Waals surface area contributed by atoms with Crippen molar-refractivity contribution in [3.05, 3.63) is 9.78 Å². The van der Waals surface area contributed by atoms with Crippen LogP contribution >= 0.6 is 22.6 Å². The predicted octanol–water partition coefficient (Wildman–Crippen LogP) is 2.08. The summed E-state index contributed by atoms with van der Waals surface area (Å²) in [4.78, 5) is 3.76. The Morgan fingerprint density at radius 2 is 2.62 bits per heavy atom. The highest BCUT2D eigenvalue weighted by Crippen LogP contribution is 2.14. The molecule has 1 rings (SSSR count). The lowest BCUT2D eigenvalue weighted by Crippen LogP contribution is -2.02. The molecular formula is C5H5FIN. The molecule has 8 heavy (non-hydrogen) atoms. The highest BCUT2D eigenvalue weighted by Gasteiger charge is 2.04. The van der Waals surface area contributed by atoms with E-state index >= 15 is 0 Å². The van der Waals surface area contributed by atoms with E-state index in [1.54, 1.807) is 6.08 Å². The van der Waals surface area contributed by atoms with Crippen LogP contribution in [-0.4, -0.2) is 12.4 Å². The van der Waals surface area contributed by atoms with Gasteiger partial charge in [-0.1, -0.05) is 0 Å². The Bertz CT molecular complexity index is 141. The fraction of sp³-hybridized carbons (Fsp3) is 0.400. The molecule has 0 aliphatic carbocycles. The summed E-state index contributed by atoms with van der Waals surface area (Å²) in [5.41, 5.74) is 0. The van der Waals surface area contributed by atoms with E-state index in [-0.39, 0.29) is 0 Å². The van der Waals surface area contributed by atoms with E-state index in [1.807, 2.05) is 0 Å². The van der Waals surface area contributed by atoms with Gasteiger partial charge in [0.1, 0.15) is 6.17 Å². The van der Waals surface area contributed by atoms with Gasteiger partial charge in [0.05, 0.1) is 3.70 Å². The first-order valence-corrected chi connectivity index (χ1v) is 3.41. The Morgan fingerprint density at radius 3 is 3.00 bits per heavy atom. The largest absolute Gasteiger partial charge is 0.252 e. The van der Waals surface area contributed by atoms with Crippen LogP contribution in [0.2, 0.25) is 0 Å². The Balaban J connectivity index is 2.58. The lowest BCUT2D eigenvalue weighted by molar-refractivity contribution is 0.432. The van der Waals surface area contributed by atoms with Crippen LogP contribution in [0.3, 0.4) is 0 Å². The fourth-order valence-corrected chi connectivity index (χ4v) is 0.891. The maximum absolute atomic E-state index is 12.2. The molecule has 0 spiro atoms. The van der Waals surface area contributed by atoms with E-state index < -0.39 is 6.17 Å². The smallest absolute Gasteiger partial charge is 0.139 e. The number of allylic oxidation sites excluding steroid dienone is 1. The van der Waals surface area contributed by atoms with Crippen LogP contribution in [-0.2, 0) is 0 Å². The van der Waals surface area contributed by atoms with Gasteiger partial charge >= 0.3 is 0 Å². The zero-order chi connectivity index (χ0) is 5.98. The first-order valence-electron chi connectivity index (χ1n) is 2.33. The third-order valence-electron chi connectivity index (χ3n) is 0.871. The molecule has 1 unspecified atom stereocenters. The maximum Gasteiger partial charge on any atom is 0.139 e. The second-order valence-corrected chi connectivity index (χ2v) is 2.66. The van der Waals surface area contributed by atoms with E-state index in [0.29, 0.717) is 6.42 Å². The summed E-state index contributed by atoms with van der Waals surface area (Å²) in [6.07, 6.45) is 2.75. The number of nitrogens with zero attached hydrogens (tertiary/aromatic N) is 1. The van der Waals surface area contributed by atoms with Crippen LogP contribution in [0.25, 0.3) is 0 Å². The SMILES string of the molecule is FC1C=NC(I)=CC1. The van der Waals surface area contributed by atoms with Crippen molar-refractivity contribution in [2.24, 2.45) is 4.99 Å². The van der Waals surface area contributed by atoms with Gasteiger partial charge in [0, 0.05) is 12.6 Å². The van der Waals surface area contributed by atoms with Crippen molar-refractivity contribution in [1.29, 1.82) is 0 Å². The topological polar surface area (TPSA) is 12.4 Å². The minimum absolute atomic E-state index is 0.488. The molecular weight excluding hydrogens is 220 g/mol. The highest BCUT2D eigenvalue weighted by atomic mass is 127. The maximum atomic E-state index is 12.2. The molecule has 0 amide bonds. The van der Waals surface area contributed by atoms with E-state index in [9.17, 15) is 4.39 Å². The van der Waals surface area contributed by atoms with Crippen LogP contribution in [0.15, 0.2) is 14.8 Å². The average Bonchev–Trinajstić information content (AvgIpc) is 1.77. The van der Waals surface area contributed by atoms with Gasteiger partial charge < -0.3 is 0 Å². The Hall–Kier alpha value is 0.0700. The van der Waals surface area contributed by atoms with Crippen molar-refractivity contribution in [1.82, 2.24) is 0 Å². The first-order chi connectivity index (χ1) is 3.79. The van der Waals surface area contributed by atoms with Crippen molar-refractivity contribution in [2.75, 3.05) is 0 Å². The number of alkyl halides is 1. The lowest BCUT2D eigenvalue weighted by atomic mass is 10.3. The molecule has 1 atom stereocenters. The summed E-state index contributed by atoms with van der Waals surface area (Å²) < 4.78 is 13.0. The fourth-order valence-electron chi connectivity index (χ4n) is 0.475. The van der Waals surface area contributed by atoms with Gasteiger partial charge in [-0.2, -0.15) is 0 Å². The second kappa shape index (κ2) is 2.57. The van der Waals surface area contributed by atoms with Crippen LogP contribution in [0.5, 0.6) is 0 Å². The van der Waals surface area contributed by atoms with E-state index in [0.717, 1.165) is 3.70 Å². The number of halogens is 2. The van der Waals surface area contributed by atoms with Crippen LogP contribution in [0.1, 0.15) is 6.42 Å². The summed E-state index contributed by atoms with van der Waals surface area (Å²) in [7, 11) is 0. The van der Waals surface area contributed by atoms with E-state index in [1.165, 1.54) is 6.21 Å². The van der Waals surface area contributed by atoms with Gasteiger partial charge in [0.15, 0.2) is 0 Å². The van der Waals surface area contributed by atoms with Gasteiger partial charge in [-0.15, -0.1) is 0 Å². The van der Waals surface area contributed by atoms with Crippen LogP contribution < -0.4 is 0 Å². The standard InChI is InChI=1S/C5H5FIN/c6-4-1-2-5(7)8-3-4/h2-4H,1H2. The Kier molecular flexibility index (Phi) is 1.99. The molecule has 0 N–H and O–H groups in total. The number of aliphatic imine (C=N–C) groups is 1. The molecule has 44 valence electrons. The second-order valence-electron chi connectivity index (χ2n) is 1.56. The molecule has 0 saturated heterocycles. The van der Waals surface area contributed by atoms with Crippen molar-refractivity contribution in [2.45, 2.75) is 12.6 Å². The minimum Gasteiger partial charge on any atom is -0.252 e. The molecule has 0 aromatic rings. The monoisotopic (exact) mass is 225 g/mol. The molecule has 1 heterocycles. The predicted molar refractivity (Wildman–Crippen MR) is 40.1 cm³/mol. The summed E-state index contributed by atoms with van der Waals surface area (Å²) >= 11 is 2.06. The molecule has 0 saturated carbocycles. The van der Waals surface area contributed by atoms with Crippen LogP contribution in [0.4, 0.5) is 4.39 Å². The average molecular weight is 225 g/mol. The molecule has 3 heteroatoms. The summed E-state index contributed by atoms with van der Waals surface area (Å²) in [5.74, 6) is 0. The molecule has 1 aliphatic heterocycles. The van der Waals surface area contributed by atoms with Gasteiger partial charge in [0.25, 0.3) is 0 Å². The normalized spacial score (nSPS) is 27.8. The molecule has 1 aliphatic rings. The number of rotatable bonds is 0.